The lowest BCUT2D eigenvalue weighted by Gasteiger charge is -2.16. The van der Waals surface area contributed by atoms with Crippen LogP contribution in [0.5, 0.6) is 0 Å². The third-order valence-electron chi connectivity index (χ3n) is 3.32. The number of carbonyl (C=O) groups is 1. The van der Waals surface area contributed by atoms with Crippen LogP contribution >= 0.6 is 23.7 Å². The number of carbonyl (C=O) groups excluding carboxylic acids is 1. The highest BCUT2D eigenvalue weighted by molar-refractivity contribution is 7.09. The molecule has 18 heavy (non-hydrogen) atoms. The molecule has 2 rings (SSSR count). The SMILES string of the molecule is CC1CCCC1NC(=O)c1csc(CCN)n1.Cl. The second-order valence-electron chi connectivity index (χ2n) is 4.65. The van der Waals surface area contributed by atoms with Gasteiger partial charge in [-0.1, -0.05) is 13.3 Å². The average Bonchev–Trinajstić information content (AvgIpc) is 2.90. The summed E-state index contributed by atoms with van der Waals surface area (Å²) in [7, 11) is 0. The van der Waals surface area contributed by atoms with Crippen LogP contribution in [0, 0.1) is 5.92 Å². The summed E-state index contributed by atoms with van der Waals surface area (Å²) >= 11 is 1.51. The third kappa shape index (κ3) is 3.67. The Balaban J connectivity index is 0.00000162. The molecule has 0 spiro atoms. The van der Waals surface area contributed by atoms with Crippen molar-refractivity contribution in [2.75, 3.05) is 6.54 Å². The number of thiazole rings is 1. The average molecular weight is 290 g/mol. The standard InChI is InChI=1S/C12H19N3OS.ClH/c1-8-3-2-4-9(8)15-12(16)10-7-17-11(14-10)5-6-13;/h7-9H,2-6,13H2,1H3,(H,15,16);1H. The van der Waals surface area contributed by atoms with Crippen LogP contribution in [0.25, 0.3) is 0 Å². The van der Waals surface area contributed by atoms with Crippen LogP contribution in [0.15, 0.2) is 5.38 Å². The summed E-state index contributed by atoms with van der Waals surface area (Å²) in [5, 5.41) is 5.84. The van der Waals surface area contributed by atoms with Crippen molar-refractivity contribution in [1.82, 2.24) is 10.3 Å². The summed E-state index contributed by atoms with van der Waals surface area (Å²) in [6, 6.07) is 0.321. The summed E-state index contributed by atoms with van der Waals surface area (Å²) in [6.45, 7) is 2.77. The lowest BCUT2D eigenvalue weighted by Crippen LogP contribution is -2.36. The van der Waals surface area contributed by atoms with Crippen molar-refractivity contribution in [1.29, 1.82) is 0 Å². The van der Waals surface area contributed by atoms with Crippen LogP contribution < -0.4 is 11.1 Å². The molecule has 2 atom stereocenters. The molecule has 1 heterocycles. The van der Waals surface area contributed by atoms with E-state index < -0.39 is 0 Å². The zero-order valence-corrected chi connectivity index (χ0v) is 12.1. The Kier molecular flexibility index (Phi) is 6.05. The van der Waals surface area contributed by atoms with Crippen molar-refractivity contribution >= 4 is 29.7 Å². The molecule has 2 unspecified atom stereocenters. The van der Waals surface area contributed by atoms with Crippen LogP contribution in [-0.4, -0.2) is 23.5 Å². The quantitative estimate of drug-likeness (QED) is 0.891. The minimum Gasteiger partial charge on any atom is -0.348 e. The van der Waals surface area contributed by atoms with Crippen LogP contribution in [-0.2, 0) is 6.42 Å². The Hall–Kier alpha value is -0.650. The van der Waals surface area contributed by atoms with Gasteiger partial charge in [0.25, 0.3) is 5.91 Å². The summed E-state index contributed by atoms with van der Waals surface area (Å²) < 4.78 is 0. The summed E-state index contributed by atoms with van der Waals surface area (Å²) in [4.78, 5) is 16.3. The van der Waals surface area contributed by atoms with Gasteiger partial charge >= 0.3 is 0 Å². The van der Waals surface area contributed by atoms with Crippen LogP contribution in [0.4, 0.5) is 0 Å². The molecule has 0 bridgehead atoms. The van der Waals surface area contributed by atoms with Gasteiger partial charge in [-0.2, -0.15) is 0 Å². The monoisotopic (exact) mass is 289 g/mol. The van der Waals surface area contributed by atoms with Gasteiger partial charge in [-0.3, -0.25) is 4.79 Å². The Morgan fingerprint density at radius 2 is 2.39 bits per heavy atom. The van der Waals surface area contributed by atoms with E-state index in [0.29, 0.717) is 24.2 Å². The highest BCUT2D eigenvalue weighted by Crippen LogP contribution is 2.25. The minimum atomic E-state index is -0.0386. The second-order valence-corrected chi connectivity index (χ2v) is 5.60. The number of aromatic nitrogens is 1. The van der Waals surface area contributed by atoms with E-state index in [1.807, 2.05) is 5.38 Å². The zero-order valence-electron chi connectivity index (χ0n) is 10.5. The first kappa shape index (κ1) is 15.4. The number of nitrogens with zero attached hydrogens (tertiary/aromatic N) is 1. The number of hydrogen-bond donors (Lipinski definition) is 2. The van der Waals surface area contributed by atoms with Crippen LogP contribution in [0.1, 0.15) is 41.7 Å². The number of nitrogens with one attached hydrogen (secondary N) is 1. The molecule has 0 radical (unpaired) electrons. The molecule has 102 valence electrons. The van der Waals surface area contributed by atoms with E-state index in [2.05, 4.69) is 17.2 Å². The van der Waals surface area contributed by atoms with E-state index >= 15 is 0 Å². The number of halogens is 1. The molecule has 1 aliphatic carbocycles. The normalized spacial score (nSPS) is 22.6. The molecule has 0 aromatic carbocycles. The van der Waals surface area contributed by atoms with Gasteiger partial charge in [-0.15, -0.1) is 23.7 Å². The van der Waals surface area contributed by atoms with Gasteiger partial charge in [0.15, 0.2) is 0 Å². The molecule has 1 saturated carbocycles. The van der Waals surface area contributed by atoms with Gasteiger partial charge in [-0.05, 0) is 25.3 Å². The Morgan fingerprint density at radius 1 is 1.61 bits per heavy atom. The first-order chi connectivity index (χ1) is 8.20. The molecule has 1 aromatic rings. The molecule has 0 saturated heterocycles. The summed E-state index contributed by atoms with van der Waals surface area (Å²) in [5.74, 6) is 0.546. The van der Waals surface area contributed by atoms with Crippen molar-refractivity contribution < 1.29 is 4.79 Å². The number of nitrogens with two attached hydrogens (primary N) is 1. The van der Waals surface area contributed by atoms with E-state index in [-0.39, 0.29) is 18.3 Å². The maximum absolute atomic E-state index is 12.0. The maximum atomic E-state index is 12.0. The Bertz CT molecular complexity index is 396. The van der Waals surface area contributed by atoms with Gasteiger partial charge in [0.05, 0.1) is 5.01 Å². The molecule has 6 heteroatoms. The fourth-order valence-electron chi connectivity index (χ4n) is 2.26. The summed E-state index contributed by atoms with van der Waals surface area (Å²) in [5.41, 5.74) is 6.00. The fraction of sp³-hybridized carbons (Fsp3) is 0.667. The highest BCUT2D eigenvalue weighted by Gasteiger charge is 2.25. The van der Waals surface area contributed by atoms with Crippen LogP contribution in [0.2, 0.25) is 0 Å². The molecule has 4 nitrogen and oxygen atoms in total. The Morgan fingerprint density at radius 3 is 3.00 bits per heavy atom. The zero-order chi connectivity index (χ0) is 12.3. The van der Waals surface area contributed by atoms with E-state index in [9.17, 15) is 4.79 Å². The van der Waals surface area contributed by atoms with Gasteiger partial charge in [0, 0.05) is 17.8 Å². The van der Waals surface area contributed by atoms with E-state index in [4.69, 9.17) is 5.73 Å². The van der Waals surface area contributed by atoms with Gasteiger partial charge in [0.1, 0.15) is 5.69 Å². The maximum Gasteiger partial charge on any atom is 0.270 e. The molecule has 1 aliphatic rings. The second kappa shape index (κ2) is 7.07. The Labute approximate surface area is 118 Å². The highest BCUT2D eigenvalue weighted by atomic mass is 35.5. The smallest absolute Gasteiger partial charge is 0.270 e. The largest absolute Gasteiger partial charge is 0.348 e. The minimum absolute atomic E-state index is 0. The molecular formula is C12H20ClN3OS. The van der Waals surface area contributed by atoms with Gasteiger partial charge < -0.3 is 11.1 Å². The van der Waals surface area contributed by atoms with Crippen molar-refractivity contribution in [2.24, 2.45) is 11.7 Å². The van der Waals surface area contributed by atoms with Crippen molar-refractivity contribution in [3.63, 3.8) is 0 Å². The molecule has 3 N–H and O–H groups in total. The molecular weight excluding hydrogens is 270 g/mol. The topological polar surface area (TPSA) is 68.0 Å². The predicted molar refractivity (Wildman–Crippen MR) is 76.4 cm³/mol. The van der Waals surface area contributed by atoms with E-state index in [1.165, 1.54) is 24.2 Å². The van der Waals surface area contributed by atoms with E-state index in [1.54, 1.807) is 0 Å². The van der Waals surface area contributed by atoms with Gasteiger partial charge in [-0.25, -0.2) is 4.98 Å². The van der Waals surface area contributed by atoms with E-state index in [0.717, 1.165) is 17.8 Å². The first-order valence-corrected chi connectivity index (χ1v) is 7.04. The number of hydrogen-bond acceptors (Lipinski definition) is 4. The molecule has 0 aliphatic heterocycles. The summed E-state index contributed by atoms with van der Waals surface area (Å²) in [6.07, 6.45) is 4.26. The third-order valence-corrected chi connectivity index (χ3v) is 4.23. The molecule has 1 fully saturated rings. The predicted octanol–water partition coefficient (Wildman–Crippen LogP) is 1.98. The molecule has 1 aromatic heterocycles. The van der Waals surface area contributed by atoms with Crippen molar-refractivity contribution in [3.8, 4) is 0 Å². The lowest BCUT2D eigenvalue weighted by molar-refractivity contribution is 0.0925. The molecule has 1 amide bonds. The fourth-order valence-corrected chi connectivity index (χ4v) is 3.05. The lowest BCUT2D eigenvalue weighted by atomic mass is 10.1. The van der Waals surface area contributed by atoms with Crippen molar-refractivity contribution in [3.05, 3.63) is 16.1 Å². The van der Waals surface area contributed by atoms with Gasteiger partial charge in [0.2, 0.25) is 0 Å². The van der Waals surface area contributed by atoms with Crippen LogP contribution in [0.3, 0.4) is 0 Å². The first-order valence-electron chi connectivity index (χ1n) is 6.16. The number of amides is 1. The van der Waals surface area contributed by atoms with Crippen molar-refractivity contribution in [2.45, 2.75) is 38.6 Å². The number of rotatable bonds is 4.